The molecule has 7 heteroatoms. The lowest BCUT2D eigenvalue weighted by Gasteiger charge is -2.20. The SMILES string of the molecule is COc1cccc(CN(C)S(=O)(=O)c2ccccc2Br)c1OC. The number of benzene rings is 2. The molecule has 2 rings (SSSR count). The van der Waals surface area contributed by atoms with Gasteiger partial charge < -0.3 is 9.47 Å². The van der Waals surface area contributed by atoms with Crippen molar-refractivity contribution in [2.24, 2.45) is 0 Å². The summed E-state index contributed by atoms with van der Waals surface area (Å²) in [6, 6.07) is 12.1. The first-order chi connectivity index (χ1) is 10.9. The number of hydrogen-bond donors (Lipinski definition) is 0. The molecule has 0 heterocycles. The van der Waals surface area contributed by atoms with Gasteiger partial charge in [0, 0.05) is 23.6 Å². The summed E-state index contributed by atoms with van der Waals surface area (Å²) in [5.74, 6) is 1.10. The maximum absolute atomic E-state index is 12.7. The van der Waals surface area contributed by atoms with E-state index in [0.717, 1.165) is 5.56 Å². The molecule has 23 heavy (non-hydrogen) atoms. The fraction of sp³-hybridized carbons (Fsp3) is 0.250. The smallest absolute Gasteiger partial charge is 0.244 e. The average molecular weight is 400 g/mol. The van der Waals surface area contributed by atoms with Gasteiger partial charge in [0.15, 0.2) is 11.5 Å². The summed E-state index contributed by atoms with van der Waals surface area (Å²) in [6.07, 6.45) is 0. The van der Waals surface area contributed by atoms with Crippen LogP contribution in [0.1, 0.15) is 5.56 Å². The van der Waals surface area contributed by atoms with Crippen LogP contribution in [-0.2, 0) is 16.6 Å². The van der Waals surface area contributed by atoms with Gasteiger partial charge in [-0.3, -0.25) is 0 Å². The number of sulfonamides is 1. The molecular formula is C16H18BrNO4S. The number of methoxy groups -OCH3 is 2. The topological polar surface area (TPSA) is 55.8 Å². The van der Waals surface area contributed by atoms with Gasteiger partial charge in [-0.25, -0.2) is 8.42 Å². The van der Waals surface area contributed by atoms with Gasteiger partial charge in [-0.05, 0) is 34.1 Å². The van der Waals surface area contributed by atoms with Crippen LogP contribution in [0.3, 0.4) is 0 Å². The fourth-order valence-corrected chi connectivity index (χ4v) is 4.33. The maximum atomic E-state index is 12.7. The molecule has 5 nitrogen and oxygen atoms in total. The standard InChI is InChI=1S/C16H18BrNO4S/c1-18(23(19,20)15-10-5-4-8-13(15)17)11-12-7-6-9-14(21-2)16(12)22-3/h4-10H,11H2,1-3H3. The van der Waals surface area contributed by atoms with Crippen LogP contribution in [0.25, 0.3) is 0 Å². The second-order valence-electron chi connectivity index (χ2n) is 4.84. The van der Waals surface area contributed by atoms with E-state index in [1.54, 1.807) is 43.5 Å². The molecular weight excluding hydrogens is 382 g/mol. The van der Waals surface area contributed by atoms with Gasteiger partial charge in [0.1, 0.15) is 0 Å². The molecule has 124 valence electrons. The van der Waals surface area contributed by atoms with Gasteiger partial charge in [0.05, 0.1) is 19.1 Å². The van der Waals surface area contributed by atoms with Gasteiger partial charge in [-0.2, -0.15) is 4.31 Å². The predicted octanol–water partition coefficient (Wildman–Crippen LogP) is 3.29. The van der Waals surface area contributed by atoms with E-state index in [0.29, 0.717) is 16.0 Å². The molecule has 0 radical (unpaired) electrons. The minimum Gasteiger partial charge on any atom is -0.493 e. The zero-order valence-electron chi connectivity index (χ0n) is 13.1. The van der Waals surface area contributed by atoms with E-state index >= 15 is 0 Å². The van der Waals surface area contributed by atoms with Crippen LogP contribution in [0.15, 0.2) is 51.8 Å². The molecule has 0 unspecified atom stereocenters. The number of halogens is 1. The van der Waals surface area contributed by atoms with Crippen LogP contribution in [0, 0.1) is 0 Å². The quantitative estimate of drug-likeness (QED) is 0.747. The minimum atomic E-state index is -3.62. The first-order valence-electron chi connectivity index (χ1n) is 6.82. The molecule has 0 aliphatic rings. The van der Waals surface area contributed by atoms with Crippen LogP contribution in [0.2, 0.25) is 0 Å². The third-order valence-electron chi connectivity index (χ3n) is 3.40. The number of nitrogens with zero attached hydrogens (tertiary/aromatic N) is 1. The Balaban J connectivity index is 2.36. The molecule has 0 saturated carbocycles. The van der Waals surface area contributed by atoms with E-state index in [-0.39, 0.29) is 11.4 Å². The fourth-order valence-electron chi connectivity index (χ4n) is 2.22. The summed E-state index contributed by atoms with van der Waals surface area (Å²) in [7, 11) is 0.989. The van der Waals surface area contributed by atoms with Crippen molar-refractivity contribution >= 4 is 26.0 Å². The molecule has 0 spiro atoms. The zero-order valence-corrected chi connectivity index (χ0v) is 15.5. The van der Waals surface area contributed by atoms with Crippen LogP contribution in [0.4, 0.5) is 0 Å². The molecule has 0 fully saturated rings. The van der Waals surface area contributed by atoms with E-state index in [1.807, 2.05) is 6.07 Å². The van der Waals surface area contributed by atoms with Crippen LogP contribution in [0.5, 0.6) is 11.5 Å². The third kappa shape index (κ3) is 3.68. The van der Waals surface area contributed by atoms with Crippen LogP contribution < -0.4 is 9.47 Å². The van der Waals surface area contributed by atoms with Crippen molar-refractivity contribution in [2.75, 3.05) is 21.3 Å². The van der Waals surface area contributed by atoms with Crippen molar-refractivity contribution in [1.82, 2.24) is 4.31 Å². The van der Waals surface area contributed by atoms with Crippen molar-refractivity contribution in [2.45, 2.75) is 11.4 Å². The Morgan fingerprint density at radius 1 is 1.04 bits per heavy atom. The van der Waals surface area contributed by atoms with Crippen molar-refractivity contribution in [3.8, 4) is 11.5 Å². The number of hydrogen-bond acceptors (Lipinski definition) is 4. The zero-order chi connectivity index (χ0) is 17.0. The molecule has 2 aromatic carbocycles. The molecule has 0 amide bonds. The molecule has 0 bridgehead atoms. The van der Waals surface area contributed by atoms with Gasteiger partial charge in [-0.1, -0.05) is 24.3 Å². The van der Waals surface area contributed by atoms with Gasteiger partial charge in [-0.15, -0.1) is 0 Å². The van der Waals surface area contributed by atoms with Crippen LogP contribution in [-0.4, -0.2) is 34.0 Å². The average Bonchev–Trinajstić information content (AvgIpc) is 2.54. The first-order valence-corrected chi connectivity index (χ1v) is 9.06. The molecule has 0 aliphatic carbocycles. The highest BCUT2D eigenvalue weighted by Crippen LogP contribution is 2.32. The van der Waals surface area contributed by atoms with Crippen molar-refractivity contribution in [3.05, 3.63) is 52.5 Å². The van der Waals surface area contributed by atoms with E-state index in [4.69, 9.17) is 9.47 Å². The Morgan fingerprint density at radius 3 is 2.35 bits per heavy atom. The van der Waals surface area contributed by atoms with Gasteiger partial charge in [0.25, 0.3) is 0 Å². The highest BCUT2D eigenvalue weighted by molar-refractivity contribution is 9.10. The monoisotopic (exact) mass is 399 g/mol. The summed E-state index contributed by atoms with van der Waals surface area (Å²) >= 11 is 3.29. The second kappa shape index (κ2) is 7.33. The van der Waals surface area contributed by atoms with E-state index in [2.05, 4.69) is 15.9 Å². The van der Waals surface area contributed by atoms with Gasteiger partial charge in [0.2, 0.25) is 10.0 Å². The number of ether oxygens (including phenoxy) is 2. The molecule has 0 aromatic heterocycles. The lowest BCUT2D eigenvalue weighted by molar-refractivity contribution is 0.347. The lowest BCUT2D eigenvalue weighted by atomic mass is 10.2. The molecule has 0 saturated heterocycles. The van der Waals surface area contributed by atoms with E-state index in [9.17, 15) is 8.42 Å². The van der Waals surface area contributed by atoms with Crippen LogP contribution >= 0.6 is 15.9 Å². The summed E-state index contributed by atoms with van der Waals surface area (Å²) in [6.45, 7) is 0.171. The van der Waals surface area contributed by atoms with E-state index in [1.165, 1.54) is 18.5 Å². The highest BCUT2D eigenvalue weighted by Gasteiger charge is 2.24. The summed E-state index contributed by atoms with van der Waals surface area (Å²) in [4.78, 5) is 0.226. The first kappa shape index (κ1) is 17.8. The Labute approximate surface area is 145 Å². The molecule has 0 aliphatic heterocycles. The predicted molar refractivity (Wildman–Crippen MR) is 92.3 cm³/mol. The largest absolute Gasteiger partial charge is 0.493 e. The second-order valence-corrected chi connectivity index (χ2v) is 7.71. The summed E-state index contributed by atoms with van der Waals surface area (Å²) < 4.78 is 37.9. The Hall–Kier alpha value is -1.57. The highest BCUT2D eigenvalue weighted by atomic mass is 79.9. The minimum absolute atomic E-state index is 0.171. The van der Waals surface area contributed by atoms with E-state index < -0.39 is 10.0 Å². The molecule has 2 aromatic rings. The maximum Gasteiger partial charge on any atom is 0.244 e. The van der Waals surface area contributed by atoms with Crippen molar-refractivity contribution < 1.29 is 17.9 Å². The van der Waals surface area contributed by atoms with Crippen molar-refractivity contribution in [1.29, 1.82) is 0 Å². The third-order valence-corrected chi connectivity index (χ3v) is 6.22. The van der Waals surface area contributed by atoms with Crippen molar-refractivity contribution in [3.63, 3.8) is 0 Å². The Kier molecular flexibility index (Phi) is 5.67. The summed E-state index contributed by atoms with van der Waals surface area (Å²) in [5, 5.41) is 0. The number of para-hydroxylation sites is 1. The number of rotatable bonds is 6. The molecule has 0 atom stereocenters. The summed E-state index contributed by atoms with van der Waals surface area (Å²) in [5.41, 5.74) is 0.727. The van der Waals surface area contributed by atoms with Gasteiger partial charge >= 0.3 is 0 Å². The Morgan fingerprint density at radius 2 is 1.74 bits per heavy atom. The normalized spacial score (nSPS) is 11.5. The lowest BCUT2D eigenvalue weighted by Crippen LogP contribution is -2.27. The Bertz CT molecular complexity index is 792. The molecule has 0 N–H and O–H groups in total.